The fourth-order valence-electron chi connectivity index (χ4n) is 6.54. The smallest absolute Gasteiger partial charge is 0.166 e. The van der Waals surface area contributed by atoms with E-state index in [9.17, 15) is 9.59 Å². The summed E-state index contributed by atoms with van der Waals surface area (Å²) in [6, 6.07) is 9.76. The largest absolute Gasteiger partial charge is 0.381 e. The van der Waals surface area contributed by atoms with Gasteiger partial charge in [0.25, 0.3) is 0 Å². The van der Waals surface area contributed by atoms with Crippen molar-refractivity contribution in [2.45, 2.75) is 46.1 Å². The zero-order valence-corrected chi connectivity index (χ0v) is 26.9. The number of halogens is 1. The lowest BCUT2D eigenvalue weighted by molar-refractivity contribution is 0.110. The minimum atomic E-state index is 0.564. The first-order valence-electron chi connectivity index (χ1n) is 15.4. The van der Waals surface area contributed by atoms with Gasteiger partial charge in [-0.2, -0.15) is 5.10 Å². The first-order chi connectivity index (χ1) is 21.2. The molecular formula is C35H40ClN5O3. The van der Waals surface area contributed by atoms with Crippen LogP contribution in [0.5, 0.6) is 0 Å². The first-order valence-corrected chi connectivity index (χ1v) is 15.7. The van der Waals surface area contributed by atoms with Crippen LogP contribution in [-0.2, 0) is 31.8 Å². The second kappa shape index (κ2) is 12.3. The molecule has 3 heterocycles. The van der Waals surface area contributed by atoms with Gasteiger partial charge in [0, 0.05) is 92.3 Å². The van der Waals surface area contributed by atoms with Crippen LogP contribution in [0.4, 0.5) is 5.69 Å². The van der Waals surface area contributed by atoms with E-state index in [0.29, 0.717) is 36.0 Å². The van der Waals surface area contributed by atoms with Gasteiger partial charge in [-0.25, -0.2) is 0 Å². The number of fused-ring (bicyclic) bond motifs is 2. The first kappa shape index (κ1) is 30.2. The minimum Gasteiger partial charge on any atom is -0.381 e. The number of nitrogens with zero attached hydrogens (tertiary/aromatic N) is 5. The van der Waals surface area contributed by atoms with E-state index in [0.717, 1.165) is 93.5 Å². The predicted molar refractivity (Wildman–Crippen MR) is 177 cm³/mol. The molecule has 9 heteroatoms. The van der Waals surface area contributed by atoms with Crippen molar-refractivity contribution < 1.29 is 14.3 Å². The Morgan fingerprint density at radius 2 is 1.86 bits per heavy atom. The van der Waals surface area contributed by atoms with Crippen LogP contribution < -0.4 is 4.90 Å². The van der Waals surface area contributed by atoms with Gasteiger partial charge in [0.05, 0.1) is 27.6 Å². The quantitative estimate of drug-likeness (QED) is 0.106. The van der Waals surface area contributed by atoms with Gasteiger partial charge in [0.2, 0.25) is 0 Å². The Labute approximate surface area is 263 Å². The van der Waals surface area contributed by atoms with Crippen molar-refractivity contribution in [1.82, 2.24) is 18.9 Å². The summed E-state index contributed by atoms with van der Waals surface area (Å²) in [7, 11) is 6.01. The predicted octanol–water partition coefficient (Wildman–Crippen LogP) is 6.92. The SMILES string of the molecule is Cc1nn(C)c(C)c1-c1c(Cl)ccc2c(CCCOCC3CC3)c(C=O)n(CCN(C)c3cn(C)c4ccc(C=O)cc34)c12. The number of aryl methyl sites for hydroxylation is 4. The highest BCUT2D eigenvalue weighted by Gasteiger charge is 2.26. The Kier molecular flexibility index (Phi) is 8.40. The van der Waals surface area contributed by atoms with E-state index in [1.165, 1.54) is 12.8 Å². The summed E-state index contributed by atoms with van der Waals surface area (Å²) in [6.45, 7) is 6.76. The van der Waals surface area contributed by atoms with Gasteiger partial charge in [-0.3, -0.25) is 14.3 Å². The number of likely N-dealkylation sites (N-methyl/N-ethyl adjacent to an activating group) is 1. The molecule has 1 fully saturated rings. The van der Waals surface area contributed by atoms with Crippen LogP contribution in [0.2, 0.25) is 5.02 Å². The van der Waals surface area contributed by atoms with Crippen LogP contribution in [0, 0.1) is 19.8 Å². The average molecular weight is 614 g/mol. The molecule has 1 saturated carbocycles. The summed E-state index contributed by atoms with van der Waals surface area (Å²) in [4.78, 5) is 26.6. The summed E-state index contributed by atoms with van der Waals surface area (Å²) in [5.41, 5.74) is 9.23. The fraction of sp³-hybridized carbons (Fsp3) is 0.400. The highest BCUT2D eigenvalue weighted by molar-refractivity contribution is 6.35. The number of carbonyl (C=O) groups is 2. The lowest BCUT2D eigenvalue weighted by Gasteiger charge is -2.21. The summed E-state index contributed by atoms with van der Waals surface area (Å²) >= 11 is 7.00. The molecule has 0 unspecified atom stereocenters. The summed E-state index contributed by atoms with van der Waals surface area (Å²) < 4.78 is 12.0. The molecule has 1 aliphatic carbocycles. The lowest BCUT2D eigenvalue weighted by atomic mass is 9.98. The van der Waals surface area contributed by atoms with E-state index in [1.807, 2.05) is 50.0 Å². The third-order valence-corrected chi connectivity index (χ3v) is 9.47. The summed E-state index contributed by atoms with van der Waals surface area (Å²) in [5, 5.41) is 7.38. The standard InChI is InChI=1S/C35H40ClN5O3/c1-22-33(23(2)40(5)37-22)34-29(36)12-11-27-26(7-6-16-44-21-24-8-9-24)32(20-43)41(35(27)34)15-14-38(3)31-18-39(4)30-13-10-25(19-42)17-28(30)31/h10-13,17-20,24H,6-9,14-16,21H2,1-5H3. The minimum absolute atomic E-state index is 0.564. The van der Waals surface area contributed by atoms with Gasteiger partial charge in [-0.05, 0) is 75.3 Å². The van der Waals surface area contributed by atoms with Gasteiger partial charge in [0.15, 0.2) is 6.29 Å². The maximum absolute atomic E-state index is 12.9. The Hall–Kier alpha value is -3.88. The Morgan fingerprint density at radius 1 is 1.07 bits per heavy atom. The van der Waals surface area contributed by atoms with Crippen molar-refractivity contribution in [2.75, 3.05) is 31.7 Å². The van der Waals surface area contributed by atoms with Crippen molar-refractivity contribution >= 4 is 51.7 Å². The number of aromatic nitrogens is 4. The number of hydrogen-bond acceptors (Lipinski definition) is 5. The van der Waals surface area contributed by atoms with Crippen LogP contribution in [0.25, 0.3) is 32.9 Å². The normalized spacial score (nSPS) is 13.3. The van der Waals surface area contributed by atoms with Crippen molar-refractivity contribution in [3.8, 4) is 11.1 Å². The van der Waals surface area contributed by atoms with Crippen LogP contribution in [0.1, 0.15) is 57.1 Å². The third kappa shape index (κ3) is 5.46. The molecule has 2 aromatic carbocycles. The molecule has 0 saturated heterocycles. The molecule has 5 aromatic rings. The van der Waals surface area contributed by atoms with Gasteiger partial charge < -0.3 is 18.8 Å². The molecule has 0 radical (unpaired) electrons. The second-order valence-corrected chi connectivity index (χ2v) is 12.6. The molecule has 0 amide bonds. The van der Waals surface area contributed by atoms with Gasteiger partial charge in [-0.1, -0.05) is 17.7 Å². The molecule has 0 atom stereocenters. The van der Waals surface area contributed by atoms with Crippen LogP contribution in [0.15, 0.2) is 36.5 Å². The number of rotatable bonds is 13. The van der Waals surface area contributed by atoms with E-state index in [-0.39, 0.29) is 0 Å². The van der Waals surface area contributed by atoms with Gasteiger partial charge in [0.1, 0.15) is 6.29 Å². The maximum Gasteiger partial charge on any atom is 0.166 e. The molecule has 3 aromatic heterocycles. The highest BCUT2D eigenvalue weighted by atomic mass is 35.5. The Morgan fingerprint density at radius 3 is 2.55 bits per heavy atom. The van der Waals surface area contributed by atoms with E-state index < -0.39 is 0 Å². The van der Waals surface area contributed by atoms with Crippen LogP contribution in [0.3, 0.4) is 0 Å². The number of anilines is 1. The van der Waals surface area contributed by atoms with Crippen LogP contribution >= 0.6 is 11.6 Å². The zero-order chi connectivity index (χ0) is 31.1. The molecule has 0 aliphatic heterocycles. The van der Waals surface area contributed by atoms with Crippen molar-refractivity contribution in [2.24, 2.45) is 20.0 Å². The topological polar surface area (TPSA) is 74.3 Å². The second-order valence-electron chi connectivity index (χ2n) is 12.2. The highest BCUT2D eigenvalue weighted by Crippen LogP contribution is 2.42. The lowest BCUT2D eigenvalue weighted by Crippen LogP contribution is -2.23. The number of ether oxygens (including phenoxy) is 1. The van der Waals surface area contributed by atoms with E-state index >= 15 is 0 Å². The molecule has 44 heavy (non-hydrogen) atoms. The molecular weight excluding hydrogens is 574 g/mol. The molecule has 230 valence electrons. The monoisotopic (exact) mass is 613 g/mol. The third-order valence-electron chi connectivity index (χ3n) is 9.16. The summed E-state index contributed by atoms with van der Waals surface area (Å²) in [6.07, 6.45) is 8.08. The number of aldehydes is 2. The van der Waals surface area contributed by atoms with Crippen molar-refractivity contribution in [3.05, 3.63) is 69.8 Å². The van der Waals surface area contributed by atoms with Crippen LogP contribution in [-0.4, -0.2) is 58.3 Å². The number of benzene rings is 2. The molecule has 0 N–H and O–H groups in total. The van der Waals surface area contributed by atoms with E-state index in [1.54, 1.807) is 0 Å². The number of carbonyl (C=O) groups excluding carboxylic acids is 2. The molecule has 1 aliphatic rings. The molecule has 6 rings (SSSR count). The van der Waals surface area contributed by atoms with E-state index in [4.69, 9.17) is 16.3 Å². The summed E-state index contributed by atoms with van der Waals surface area (Å²) in [5.74, 6) is 0.724. The van der Waals surface area contributed by atoms with Gasteiger partial charge >= 0.3 is 0 Å². The fourth-order valence-corrected chi connectivity index (χ4v) is 6.78. The average Bonchev–Trinajstić information content (AvgIpc) is 3.65. The maximum atomic E-state index is 12.9. The zero-order valence-electron chi connectivity index (χ0n) is 26.2. The molecule has 0 spiro atoms. The Bertz CT molecular complexity index is 1880. The molecule has 0 bridgehead atoms. The van der Waals surface area contributed by atoms with Gasteiger partial charge in [-0.15, -0.1) is 0 Å². The molecule has 8 nitrogen and oxygen atoms in total. The number of hydrogen-bond donors (Lipinski definition) is 0. The van der Waals surface area contributed by atoms with E-state index in [2.05, 4.69) is 45.4 Å². The van der Waals surface area contributed by atoms with Crippen molar-refractivity contribution in [3.63, 3.8) is 0 Å². The van der Waals surface area contributed by atoms with Crippen molar-refractivity contribution in [1.29, 1.82) is 0 Å². The Balaban J connectivity index is 1.42.